The summed E-state index contributed by atoms with van der Waals surface area (Å²) < 4.78 is 46.9. The Morgan fingerprint density at radius 2 is 1.94 bits per heavy atom. The lowest BCUT2D eigenvalue weighted by Gasteiger charge is -2.60. The van der Waals surface area contributed by atoms with E-state index in [9.17, 15) is 13.6 Å². The Morgan fingerprint density at radius 1 is 1.16 bits per heavy atom. The summed E-state index contributed by atoms with van der Waals surface area (Å²) >= 11 is 0. The van der Waals surface area contributed by atoms with Crippen LogP contribution in [0.1, 0.15) is 62.4 Å². The summed E-state index contributed by atoms with van der Waals surface area (Å²) in [4.78, 5) is 22.9. The first-order valence-electron chi connectivity index (χ1n) is 11.2. The van der Waals surface area contributed by atoms with Crippen molar-refractivity contribution in [3.05, 3.63) is 34.9 Å². The Balaban J connectivity index is 1.39. The number of hydrogen-bond acceptors (Lipinski definition) is 6. The van der Waals surface area contributed by atoms with Crippen molar-refractivity contribution in [2.75, 3.05) is 0 Å². The summed E-state index contributed by atoms with van der Waals surface area (Å²) in [7, 11) is 0. The highest BCUT2D eigenvalue weighted by Gasteiger charge is 2.69. The molecule has 1 saturated carbocycles. The van der Waals surface area contributed by atoms with E-state index in [1.54, 1.807) is 0 Å². The van der Waals surface area contributed by atoms with Gasteiger partial charge in [-0.1, -0.05) is 19.9 Å². The Hall–Kier alpha value is -1.65. The van der Waals surface area contributed by atoms with E-state index in [0.717, 1.165) is 25.3 Å². The van der Waals surface area contributed by atoms with E-state index in [0.29, 0.717) is 12.3 Å². The number of carbonyl (C=O) groups is 1. The van der Waals surface area contributed by atoms with E-state index >= 15 is 0 Å². The predicted octanol–water partition coefficient (Wildman–Crippen LogP) is 4.39. The van der Waals surface area contributed by atoms with Crippen LogP contribution in [0, 0.1) is 35.3 Å². The monoisotopic (exact) mass is 454 g/mol. The van der Waals surface area contributed by atoms with E-state index in [4.69, 9.17) is 29.1 Å². The van der Waals surface area contributed by atoms with Crippen molar-refractivity contribution in [2.45, 2.75) is 77.0 Å². The maximum Gasteiger partial charge on any atom is 0.338 e. The number of rotatable bonds is 4. The van der Waals surface area contributed by atoms with Crippen molar-refractivity contribution in [2.24, 2.45) is 23.7 Å². The zero-order valence-corrected chi connectivity index (χ0v) is 18.3. The van der Waals surface area contributed by atoms with Crippen molar-refractivity contribution in [1.29, 1.82) is 0 Å². The summed E-state index contributed by atoms with van der Waals surface area (Å²) in [6.45, 7) is 5.79. The largest absolute Gasteiger partial charge is 0.478 e. The highest BCUT2D eigenvalue weighted by Crippen LogP contribution is 2.60. The third-order valence-electron chi connectivity index (χ3n) is 7.89. The zero-order chi connectivity index (χ0) is 22.8. The van der Waals surface area contributed by atoms with Gasteiger partial charge >= 0.3 is 5.97 Å². The van der Waals surface area contributed by atoms with Gasteiger partial charge in [0.2, 0.25) is 5.79 Å². The van der Waals surface area contributed by atoms with Crippen LogP contribution >= 0.6 is 0 Å². The molecule has 4 saturated heterocycles. The molecule has 1 N–H and O–H groups in total. The van der Waals surface area contributed by atoms with Gasteiger partial charge in [0, 0.05) is 23.8 Å². The minimum atomic E-state index is -1.53. The van der Waals surface area contributed by atoms with Crippen LogP contribution in [-0.2, 0) is 30.6 Å². The van der Waals surface area contributed by atoms with Gasteiger partial charge in [-0.3, -0.25) is 0 Å². The topological polar surface area (TPSA) is 83.5 Å². The fourth-order valence-electron chi connectivity index (χ4n) is 6.10. The van der Waals surface area contributed by atoms with Crippen molar-refractivity contribution < 1.29 is 42.7 Å². The molecular formula is C23H28F2O7. The molecule has 1 aliphatic carbocycles. The summed E-state index contributed by atoms with van der Waals surface area (Å²) in [5.41, 5.74) is -1.52. The Labute approximate surface area is 184 Å². The highest BCUT2D eigenvalue weighted by atomic mass is 19.2. The van der Waals surface area contributed by atoms with E-state index in [1.807, 2.05) is 13.8 Å². The van der Waals surface area contributed by atoms with Gasteiger partial charge in [0.05, 0.1) is 12.2 Å². The molecule has 1 aromatic rings. The van der Waals surface area contributed by atoms with Crippen LogP contribution < -0.4 is 0 Å². The lowest BCUT2D eigenvalue weighted by atomic mass is 9.58. The molecule has 4 heterocycles. The highest BCUT2D eigenvalue weighted by molar-refractivity contribution is 5.88. The van der Waals surface area contributed by atoms with Crippen LogP contribution in [-0.4, -0.2) is 35.0 Å². The molecule has 5 fully saturated rings. The normalized spacial score (nSPS) is 42.9. The fraction of sp³-hybridized carbons (Fsp3) is 0.696. The van der Waals surface area contributed by atoms with Crippen LogP contribution in [0.25, 0.3) is 0 Å². The minimum absolute atomic E-state index is 0.0473. The van der Waals surface area contributed by atoms with Gasteiger partial charge in [-0.15, -0.1) is 0 Å². The summed E-state index contributed by atoms with van der Waals surface area (Å²) in [5, 5.41) is 8.96. The van der Waals surface area contributed by atoms with Crippen molar-refractivity contribution in [3.8, 4) is 0 Å². The van der Waals surface area contributed by atoms with Crippen molar-refractivity contribution in [1.82, 2.24) is 0 Å². The molecule has 176 valence electrons. The second-order valence-electron chi connectivity index (χ2n) is 9.79. The van der Waals surface area contributed by atoms with Crippen LogP contribution in [0.2, 0.25) is 0 Å². The molecule has 4 aliphatic heterocycles. The quantitative estimate of drug-likeness (QED) is 0.676. The maximum absolute atomic E-state index is 14.4. The van der Waals surface area contributed by atoms with Crippen molar-refractivity contribution >= 4 is 5.97 Å². The number of halogens is 2. The molecule has 1 aromatic carbocycles. The van der Waals surface area contributed by atoms with Gasteiger partial charge in [0.25, 0.3) is 0 Å². The SMILES string of the molecule is C[C@H]1[C@@H](OCc2ccc(C(=O)O)c(F)c2F)O[C@@H]2O[C@@]3(C)CC[C@H]4[C@H](C)CC[C@@H]1[C@@]24OO3. The van der Waals surface area contributed by atoms with Gasteiger partial charge in [0.15, 0.2) is 29.8 Å². The molecule has 8 atom stereocenters. The third-order valence-corrected chi connectivity index (χ3v) is 7.89. The van der Waals surface area contributed by atoms with Gasteiger partial charge in [-0.25, -0.2) is 23.4 Å². The Kier molecular flexibility index (Phi) is 5.33. The average molecular weight is 454 g/mol. The van der Waals surface area contributed by atoms with E-state index < -0.39 is 47.1 Å². The second-order valence-corrected chi connectivity index (χ2v) is 9.79. The van der Waals surface area contributed by atoms with Crippen LogP contribution in [0.3, 0.4) is 0 Å². The van der Waals surface area contributed by atoms with E-state index in [2.05, 4.69) is 6.92 Å². The van der Waals surface area contributed by atoms with Crippen LogP contribution in [0.4, 0.5) is 8.78 Å². The fourth-order valence-corrected chi connectivity index (χ4v) is 6.10. The number of ether oxygens (including phenoxy) is 3. The first kappa shape index (κ1) is 22.2. The molecule has 0 amide bonds. The molecule has 6 rings (SSSR count). The number of benzene rings is 1. The van der Waals surface area contributed by atoms with Crippen LogP contribution in [0.15, 0.2) is 12.1 Å². The first-order valence-corrected chi connectivity index (χ1v) is 11.2. The molecule has 0 aromatic heterocycles. The maximum atomic E-state index is 14.4. The van der Waals surface area contributed by atoms with Gasteiger partial charge in [0.1, 0.15) is 0 Å². The minimum Gasteiger partial charge on any atom is -0.478 e. The summed E-state index contributed by atoms with van der Waals surface area (Å²) in [6, 6.07) is 2.25. The van der Waals surface area contributed by atoms with Gasteiger partial charge in [-0.2, -0.15) is 0 Å². The number of hydrogen-bond donors (Lipinski definition) is 1. The Bertz CT molecular complexity index is 926. The predicted molar refractivity (Wildman–Crippen MR) is 105 cm³/mol. The van der Waals surface area contributed by atoms with Crippen LogP contribution in [0.5, 0.6) is 0 Å². The van der Waals surface area contributed by atoms with Crippen molar-refractivity contribution in [3.63, 3.8) is 0 Å². The molecule has 9 heteroatoms. The summed E-state index contributed by atoms with van der Waals surface area (Å²) in [5.74, 6) is -4.49. The number of aromatic carboxylic acids is 1. The Morgan fingerprint density at radius 3 is 2.69 bits per heavy atom. The van der Waals surface area contributed by atoms with Gasteiger partial charge in [-0.05, 0) is 44.1 Å². The second kappa shape index (κ2) is 7.70. The lowest BCUT2D eigenvalue weighted by molar-refractivity contribution is -0.577. The molecular weight excluding hydrogens is 426 g/mol. The molecule has 5 aliphatic rings. The average Bonchev–Trinajstić information content (AvgIpc) is 2.98. The zero-order valence-electron chi connectivity index (χ0n) is 18.3. The first-order chi connectivity index (χ1) is 15.2. The molecule has 2 bridgehead atoms. The summed E-state index contributed by atoms with van der Waals surface area (Å²) in [6.07, 6.45) is 2.11. The van der Waals surface area contributed by atoms with E-state index in [1.165, 1.54) is 6.07 Å². The standard InChI is InChI=1S/C23H28F2O7/c1-11-4-7-16-12(2)20(28-10-13-5-6-14(19(26)27)18(25)17(13)24)29-21-23(16)15(11)8-9-22(3,30-21)31-32-23/h5-6,11-12,15-16,20-21H,4,7-10H2,1-3H3,(H,26,27)/t11-,12-,15+,16+,20+,21-,22-,23-/m1/s1. The molecule has 0 radical (unpaired) electrons. The number of carboxylic acid groups (broad SMARTS) is 1. The third kappa shape index (κ3) is 3.20. The van der Waals surface area contributed by atoms with Gasteiger partial charge < -0.3 is 19.3 Å². The molecule has 0 unspecified atom stereocenters. The molecule has 1 spiro atoms. The molecule has 7 nitrogen and oxygen atoms in total. The smallest absolute Gasteiger partial charge is 0.338 e. The lowest BCUT2D eigenvalue weighted by Crippen LogP contribution is -2.70. The molecule has 32 heavy (non-hydrogen) atoms. The van der Waals surface area contributed by atoms with E-state index in [-0.39, 0.29) is 29.9 Å². The number of carboxylic acids is 1. The number of fused-ring (bicyclic) bond motifs is 2.